The third-order valence-corrected chi connectivity index (χ3v) is 6.36. The van der Waals surface area contributed by atoms with E-state index in [2.05, 4.69) is 5.32 Å². The maximum atomic E-state index is 12.9. The number of rotatable bonds is 5. The summed E-state index contributed by atoms with van der Waals surface area (Å²) in [6.45, 7) is 1.90. The molecule has 2 fully saturated rings. The number of carbonyl (C=O) groups excluding carboxylic acids is 1. The number of nitrogens with one attached hydrogen (secondary N) is 1. The van der Waals surface area contributed by atoms with Crippen molar-refractivity contribution in [2.24, 2.45) is 0 Å². The van der Waals surface area contributed by atoms with Crippen LogP contribution in [0.15, 0.2) is 34.2 Å². The number of fused-ring (bicyclic) bond motifs is 1. The van der Waals surface area contributed by atoms with E-state index in [1.54, 1.807) is 4.57 Å². The van der Waals surface area contributed by atoms with Gasteiger partial charge in [0, 0.05) is 12.1 Å². The summed E-state index contributed by atoms with van der Waals surface area (Å²) in [5.41, 5.74) is 0.720. The van der Waals surface area contributed by atoms with Crippen molar-refractivity contribution in [1.82, 2.24) is 14.9 Å². The summed E-state index contributed by atoms with van der Waals surface area (Å²) in [7, 11) is 0. The molecule has 138 valence electrons. The molecular weight excluding hydrogens is 346 g/mol. The van der Waals surface area contributed by atoms with Crippen LogP contribution in [0.25, 0.3) is 10.9 Å². The van der Waals surface area contributed by atoms with Gasteiger partial charge in [-0.15, -0.1) is 0 Å². The van der Waals surface area contributed by atoms with E-state index in [-0.39, 0.29) is 22.8 Å². The van der Waals surface area contributed by atoms with Gasteiger partial charge in [-0.25, -0.2) is 4.98 Å². The van der Waals surface area contributed by atoms with Crippen LogP contribution in [0, 0.1) is 0 Å². The second kappa shape index (κ2) is 7.43. The summed E-state index contributed by atoms with van der Waals surface area (Å²) >= 11 is 1.40. The third-order valence-electron chi connectivity index (χ3n) is 5.29. The van der Waals surface area contributed by atoms with Crippen molar-refractivity contribution >= 4 is 28.6 Å². The molecule has 0 aliphatic heterocycles. The van der Waals surface area contributed by atoms with Crippen LogP contribution in [0.2, 0.25) is 0 Å². The Morgan fingerprint density at radius 3 is 2.65 bits per heavy atom. The Labute approximate surface area is 157 Å². The van der Waals surface area contributed by atoms with Crippen LogP contribution in [-0.4, -0.2) is 26.8 Å². The lowest BCUT2D eigenvalue weighted by molar-refractivity contribution is -0.121. The van der Waals surface area contributed by atoms with Gasteiger partial charge in [0.2, 0.25) is 5.91 Å². The maximum Gasteiger partial charge on any atom is 0.262 e. The van der Waals surface area contributed by atoms with E-state index in [1.807, 2.05) is 31.2 Å². The van der Waals surface area contributed by atoms with Crippen molar-refractivity contribution in [3.63, 3.8) is 0 Å². The van der Waals surface area contributed by atoms with Crippen LogP contribution in [0.5, 0.6) is 0 Å². The molecule has 1 amide bonds. The van der Waals surface area contributed by atoms with E-state index in [1.165, 1.54) is 31.0 Å². The van der Waals surface area contributed by atoms with Crippen LogP contribution in [0.1, 0.15) is 57.9 Å². The number of carbonyl (C=O) groups is 1. The molecule has 2 aromatic rings. The first kappa shape index (κ1) is 17.6. The Morgan fingerprint density at radius 2 is 1.92 bits per heavy atom. The van der Waals surface area contributed by atoms with E-state index >= 15 is 0 Å². The lowest BCUT2D eigenvalue weighted by Crippen LogP contribution is -2.40. The molecule has 1 aromatic heterocycles. The summed E-state index contributed by atoms with van der Waals surface area (Å²) in [5, 5.41) is 4.24. The standard InChI is InChI=1S/C20H25N3O2S/c1-13(18(24)21-14-7-3-2-4-8-14)26-20-22-17-10-6-5-9-16(17)19(25)23(20)15-11-12-15/h5-6,9-10,13-15H,2-4,7-8,11-12H2,1H3,(H,21,24)/t13-/m0/s1. The van der Waals surface area contributed by atoms with Crippen molar-refractivity contribution in [2.75, 3.05) is 0 Å². The van der Waals surface area contributed by atoms with Crippen molar-refractivity contribution in [1.29, 1.82) is 0 Å². The summed E-state index contributed by atoms with van der Waals surface area (Å²) in [6.07, 6.45) is 7.83. The van der Waals surface area contributed by atoms with Crippen LogP contribution in [0.3, 0.4) is 0 Å². The van der Waals surface area contributed by atoms with Crippen molar-refractivity contribution in [3.05, 3.63) is 34.6 Å². The lowest BCUT2D eigenvalue weighted by atomic mass is 9.95. The smallest absolute Gasteiger partial charge is 0.262 e. The highest BCUT2D eigenvalue weighted by Crippen LogP contribution is 2.37. The zero-order chi connectivity index (χ0) is 18.1. The van der Waals surface area contributed by atoms with Gasteiger partial charge in [0.25, 0.3) is 5.56 Å². The Balaban J connectivity index is 1.56. The molecule has 2 aliphatic rings. The van der Waals surface area contributed by atoms with Crippen LogP contribution >= 0.6 is 11.8 Å². The second-order valence-corrected chi connectivity index (χ2v) is 8.73. The largest absolute Gasteiger partial charge is 0.352 e. The minimum Gasteiger partial charge on any atom is -0.352 e. The first-order valence-corrected chi connectivity index (χ1v) is 10.5. The molecule has 0 radical (unpaired) electrons. The van der Waals surface area contributed by atoms with Crippen molar-refractivity contribution in [2.45, 2.75) is 74.4 Å². The van der Waals surface area contributed by atoms with E-state index < -0.39 is 0 Å². The molecule has 0 spiro atoms. The number of hydrogen-bond acceptors (Lipinski definition) is 4. The molecule has 6 heteroatoms. The molecular formula is C20H25N3O2S. The van der Waals surface area contributed by atoms with Crippen molar-refractivity contribution < 1.29 is 4.79 Å². The van der Waals surface area contributed by atoms with E-state index in [0.717, 1.165) is 25.7 Å². The van der Waals surface area contributed by atoms with Crippen LogP contribution in [0.4, 0.5) is 0 Å². The van der Waals surface area contributed by atoms with Gasteiger partial charge < -0.3 is 5.32 Å². The fourth-order valence-electron chi connectivity index (χ4n) is 3.64. The molecule has 2 aliphatic carbocycles. The van der Waals surface area contributed by atoms with Gasteiger partial charge in [0.1, 0.15) is 0 Å². The van der Waals surface area contributed by atoms with Crippen molar-refractivity contribution in [3.8, 4) is 0 Å². The highest BCUT2D eigenvalue weighted by molar-refractivity contribution is 8.00. The van der Waals surface area contributed by atoms with E-state index in [9.17, 15) is 9.59 Å². The first-order chi connectivity index (χ1) is 12.6. The molecule has 0 saturated heterocycles. The molecule has 26 heavy (non-hydrogen) atoms. The van der Waals surface area contributed by atoms with E-state index in [0.29, 0.717) is 22.1 Å². The Bertz CT molecular complexity index is 869. The molecule has 1 heterocycles. The zero-order valence-corrected chi connectivity index (χ0v) is 15.9. The first-order valence-electron chi connectivity index (χ1n) is 9.62. The van der Waals surface area contributed by atoms with E-state index in [4.69, 9.17) is 4.98 Å². The predicted octanol–water partition coefficient (Wildman–Crippen LogP) is 3.66. The number of thioether (sulfide) groups is 1. The van der Waals surface area contributed by atoms with Gasteiger partial charge in [-0.1, -0.05) is 43.2 Å². The fourth-order valence-corrected chi connectivity index (χ4v) is 4.63. The second-order valence-electron chi connectivity index (χ2n) is 7.42. The minimum atomic E-state index is -0.269. The summed E-state index contributed by atoms with van der Waals surface area (Å²) in [5.74, 6) is 0.0478. The number of amides is 1. The number of para-hydroxylation sites is 1. The highest BCUT2D eigenvalue weighted by atomic mass is 32.2. The molecule has 2 saturated carbocycles. The summed E-state index contributed by atoms with van der Waals surface area (Å²) in [6, 6.07) is 7.99. The summed E-state index contributed by atoms with van der Waals surface area (Å²) < 4.78 is 1.80. The summed E-state index contributed by atoms with van der Waals surface area (Å²) in [4.78, 5) is 30.2. The average molecular weight is 372 g/mol. The molecule has 1 atom stereocenters. The topological polar surface area (TPSA) is 64.0 Å². The molecule has 1 aromatic carbocycles. The van der Waals surface area contributed by atoms with Gasteiger partial charge in [0.05, 0.1) is 16.2 Å². The fraction of sp³-hybridized carbons (Fsp3) is 0.550. The van der Waals surface area contributed by atoms with Gasteiger partial charge in [-0.3, -0.25) is 14.2 Å². The number of hydrogen-bond donors (Lipinski definition) is 1. The Morgan fingerprint density at radius 1 is 1.19 bits per heavy atom. The SMILES string of the molecule is C[C@H](Sc1nc2ccccc2c(=O)n1C1CC1)C(=O)NC1CCCCC1. The average Bonchev–Trinajstić information content (AvgIpc) is 3.47. The molecule has 0 unspecified atom stereocenters. The maximum absolute atomic E-state index is 12.9. The van der Waals surface area contributed by atoms with Gasteiger partial charge >= 0.3 is 0 Å². The van der Waals surface area contributed by atoms with Gasteiger partial charge in [-0.05, 0) is 44.7 Å². The van der Waals surface area contributed by atoms with Gasteiger partial charge in [0.15, 0.2) is 5.16 Å². The monoisotopic (exact) mass is 371 g/mol. The molecule has 5 nitrogen and oxygen atoms in total. The normalized spacial score (nSPS) is 19.4. The third kappa shape index (κ3) is 3.65. The number of aromatic nitrogens is 2. The van der Waals surface area contributed by atoms with Gasteiger partial charge in [-0.2, -0.15) is 0 Å². The molecule has 4 rings (SSSR count). The number of benzene rings is 1. The molecule has 1 N–H and O–H groups in total. The molecule has 0 bridgehead atoms. The minimum absolute atomic E-state index is 0.0143. The highest BCUT2D eigenvalue weighted by Gasteiger charge is 2.30. The predicted molar refractivity (Wildman–Crippen MR) is 105 cm³/mol. The Kier molecular flexibility index (Phi) is 5.02. The quantitative estimate of drug-likeness (QED) is 0.643. The Hall–Kier alpha value is -1.82. The zero-order valence-electron chi connectivity index (χ0n) is 15.1. The lowest BCUT2D eigenvalue weighted by Gasteiger charge is -2.24. The van der Waals surface area contributed by atoms with Crippen LogP contribution < -0.4 is 10.9 Å². The number of nitrogens with zero attached hydrogens (tertiary/aromatic N) is 2. The van der Waals surface area contributed by atoms with Crippen LogP contribution in [-0.2, 0) is 4.79 Å².